The van der Waals surface area contributed by atoms with Gasteiger partial charge in [-0.1, -0.05) is 6.92 Å². The zero-order valence-electron chi connectivity index (χ0n) is 9.82. The van der Waals surface area contributed by atoms with Crippen LogP contribution in [0.4, 0.5) is 5.69 Å². The number of hydrogen-bond acceptors (Lipinski definition) is 3. The molecule has 1 aromatic heterocycles. The molecule has 4 nitrogen and oxygen atoms in total. The van der Waals surface area contributed by atoms with Crippen molar-refractivity contribution in [3.8, 4) is 0 Å². The highest BCUT2D eigenvalue weighted by Gasteiger charge is 2.23. The molecule has 4 heteroatoms. The minimum absolute atomic E-state index is 0.634. The van der Waals surface area contributed by atoms with Gasteiger partial charge in [0.2, 0.25) is 0 Å². The predicted octanol–water partition coefficient (Wildman–Crippen LogP) is 0.781. The van der Waals surface area contributed by atoms with Crippen molar-refractivity contribution in [3.05, 3.63) is 11.9 Å². The maximum atomic E-state index is 4.48. The molecule has 84 valence electrons. The van der Waals surface area contributed by atoms with Crippen LogP contribution in [0.25, 0.3) is 0 Å². The highest BCUT2D eigenvalue weighted by Crippen LogP contribution is 2.23. The average molecular weight is 208 g/mol. The fourth-order valence-corrected chi connectivity index (χ4v) is 2.25. The molecule has 0 spiro atoms. The third kappa shape index (κ3) is 2.00. The van der Waals surface area contributed by atoms with Crippen LogP contribution in [-0.2, 0) is 13.5 Å². The molecule has 0 radical (unpaired) electrons. The van der Waals surface area contributed by atoms with Crippen molar-refractivity contribution in [2.24, 2.45) is 7.05 Å². The van der Waals surface area contributed by atoms with Gasteiger partial charge < -0.3 is 10.2 Å². The molecular weight excluding hydrogens is 188 g/mol. The van der Waals surface area contributed by atoms with Crippen molar-refractivity contribution in [2.45, 2.75) is 25.8 Å². The van der Waals surface area contributed by atoms with Crippen LogP contribution in [0.15, 0.2) is 6.20 Å². The van der Waals surface area contributed by atoms with Crippen LogP contribution in [0.1, 0.15) is 19.0 Å². The Bertz CT molecular complexity index is 331. The first-order valence-electron chi connectivity index (χ1n) is 5.69. The van der Waals surface area contributed by atoms with Crippen molar-refractivity contribution in [3.63, 3.8) is 0 Å². The first kappa shape index (κ1) is 10.5. The smallest absolute Gasteiger partial charge is 0.0855 e. The molecule has 1 fully saturated rings. The van der Waals surface area contributed by atoms with Gasteiger partial charge in [0.15, 0.2) is 0 Å². The minimum atomic E-state index is 0.634. The van der Waals surface area contributed by atoms with Gasteiger partial charge in [-0.05, 0) is 19.9 Å². The number of anilines is 1. The topological polar surface area (TPSA) is 33.1 Å². The van der Waals surface area contributed by atoms with E-state index in [4.69, 9.17) is 0 Å². The lowest BCUT2D eigenvalue weighted by Crippen LogP contribution is -2.29. The second kappa shape index (κ2) is 4.23. The van der Waals surface area contributed by atoms with Gasteiger partial charge in [0, 0.05) is 32.4 Å². The summed E-state index contributed by atoms with van der Waals surface area (Å²) in [5, 5.41) is 7.82. The van der Waals surface area contributed by atoms with E-state index < -0.39 is 0 Å². The molecule has 1 unspecified atom stereocenters. The van der Waals surface area contributed by atoms with Gasteiger partial charge in [-0.3, -0.25) is 4.68 Å². The molecule has 1 aromatic rings. The van der Waals surface area contributed by atoms with E-state index in [-0.39, 0.29) is 0 Å². The molecule has 1 saturated heterocycles. The number of likely N-dealkylation sites (N-methyl/N-ethyl adjacent to an activating group) is 1. The number of rotatable bonds is 3. The highest BCUT2D eigenvalue weighted by molar-refractivity contribution is 5.50. The van der Waals surface area contributed by atoms with E-state index in [9.17, 15) is 0 Å². The molecular formula is C11H20N4. The van der Waals surface area contributed by atoms with E-state index in [1.165, 1.54) is 17.8 Å². The Labute approximate surface area is 91.3 Å². The third-order valence-electron chi connectivity index (χ3n) is 3.16. The molecule has 1 N–H and O–H groups in total. The lowest BCUT2D eigenvalue weighted by atomic mass is 10.3. The van der Waals surface area contributed by atoms with Crippen LogP contribution in [0.5, 0.6) is 0 Å². The van der Waals surface area contributed by atoms with Gasteiger partial charge in [0.25, 0.3) is 0 Å². The van der Waals surface area contributed by atoms with Crippen LogP contribution in [0, 0.1) is 0 Å². The normalized spacial score (nSPS) is 21.3. The molecule has 15 heavy (non-hydrogen) atoms. The van der Waals surface area contributed by atoms with Crippen molar-refractivity contribution < 1.29 is 0 Å². The van der Waals surface area contributed by atoms with E-state index in [0.717, 1.165) is 19.5 Å². The van der Waals surface area contributed by atoms with E-state index in [1.807, 2.05) is 18.8 Å². The Morgan fingerprint density at radius 2 is 2.40 bits per heavy atom. The maximum Gasteiger partial charge on any atom is 0.0855 e. The molecule has 0 aliphatic carbocycles. The van der Waals surface area contributed by atoms with E-state index >= 15 is 0 Å². The lowest BCUT2D eigenvalue weighted by molar-refractivity contribution is 0.617. The largest absolute Gasteiger partial charge is 0.367 e. The van der Waals surface area contributed by atoms with E-state index in [0.29, 0.717) is 6.04 Å². The molecule has 0 aromatic carbocycles. The predicted molar refractivity (Wildman–Crippen MR) is 62.3 cm³/mol. The Kier molecular flexibility index (Phi) is 2.95. The summed E-state index contributed by atoms with van der Waals surface area (Å²) in [6, 6.07) is 0.634. The molecule has 1 aliphatic heterocycles. The Morgan fingerprint density at radius 1 is 1.60 bits per heavy atom. The van der Waals surface area contributed by atoms with Crippen LogP contribution in [-0.4, -0.2) is 36.0 Å². The lowest BCUT2D eigenvalue weighted by Gasteiger charge is -2.17. The van der Waals surface area contributed by atoms with E-state index in [1.54, 1.807) is 0 Å². The van der Waals surface area contributed by atoms with Gasteiger partial charge in [0.05, 0.1) is 11.4 Å². The van der Waals surface area contributed by atoms with Crippen LogP contribution >= 0.6 is 0 Å². The molecule has 1 aliphatic rings. The number of hydrogen-bond donors (Lipinski definition) is 1. The molecule has 0 bridgehead atoms. The summed E-state index contributed by atoms with van der Waals surface area (Å²) >= 11 is 0. The fourth-order valence-electron chi connectivity index (χ4n) is 2.25. The molecule has 2 rings (SSSR count). The first-order valence-corrected chi connectivity index (χ1v) is 5.69. The molecule has 0 saturated carbocycles. The second-order valence-electron chi connectivity index (χ2n) is 4.21. The number of aromatic nitrogens is 2. The summed E-state index contributed by atoms with van der Waals surface area (Å²) < 4.78 is 1.92. The summed E-state index contributed by atoms with van der Waals surface area (Å²) in [4.78, 5) is 2.44. The minimum Gasteiger partial charge on any atom is -0.367 e. The molecule has 1 atom stereocenters. The van der Waals surface area contributed by atoms with E-state index in [2.05, 4.69) is 28.4 Å². The first-order chi connectivity index (χ1) is 7.24. The van der Waals surface area contributed by atoms with Crippen molar-refractivity contribution in [1.82, 2.24) is 15.1 Å². The maximum absolute atomic E-state index is 4.48. The zero-order chi connectivity index (χ0) is 10.8. The van der Waals surface area contributed by atoms with Crippen molar-refractivity contribution in [1.29, 1.82) is 0 Å². The SMILES string of the molecule is CCc1nn(C)cc1N1CCC(NC)C1. The second-order valence-corrected chi connectivity index (χ2v) is 4.21. The van der Waals surface area contributed by atoms with Gasteiger partial charge in [-0.25, -0.2) is 0 Å². The Balaban J connectivity index is 2.15. The van der Waals surface area contributed by atoms with Gasteiger partial charge >= 0.3 is 0 Å². The van der Waals surface area contributed by atoms with Gasteiger partial charge in [0.1, 0.15) is 0 Å². The summed E-state index contributed by atoms with van der Waals surface area (Å²) in [6.45, 7) is 4.41. The van der Waals surface area contributed by atoms with Gasteiger partial charge in [-0.15, -0.1) is 0 Å². The third-order valence-corrected chi connectivity index (χ3v) is 3.16. The Morgan fingerprint density at radius 3 is 3.00 bits per heavy atom. The molecule has 2 heterocycles. The summed E-state index contributed by atoms with van der Waals surface area (Å²) in [5.74, 6) is 0. The average Bonchev–Trinajstić information content (AvgIpc) is 2.82. The summed E-state index contributed by atoms with van der Waals surface area (Å²) in [6.07, 6.45) is 4.38. The quantitative estimate of drug-likeness (QED) is 0.797. The standard InChI is InChI=1S/C11H20N4/c1-4-10-11(8-14(3)13-10)15-6-5-9(7-15)12-2/h8-9,12H,4-7H2,1-3H3. The zero-order valence-corrected chi connectivity index (χ0v) is 9.82. The summed E-state index contributed by atoms with van der Waals surface area (Å²) in [7, 11) is 4.03. The number of nitrogens with zero attached hydrogens (tertiary/aromatic N) is 3. The number of aryl methyl sites for hydroxylation is 2. The highest BCUT2D eigenvalue weighted by atomic mass is 15.3. The van der Waals surface area contributed by atoms with Gasteiger partial charge in [-0.2, -0.15) is 5.10 Å². The Hall–Kier alpha value is -1.03. The summed E-state index contributed by atoms with van der Waals surface area (Å²) in [5.41, 5.74) is 2.53. The molecule has 0 amide bonds. The van der Waals surface area contributed by atoms with Crippen molar-refractivity contribution >= 4 is 5.69 Å². The van der Waals surface area contributed by atoms with Crippen LogP contribution in [0.2, 0.25) is 0 Å². The van der Waals surface area contributed by atoms with Crippen molar-refractivity contribution in [2.75, 3.05) is 25.0 Å². The fraction of sp³-hybridized carbons (Fsp3) is 0.727. The monoisotopic (exact) mass is 208 g/mol. The van der Waals surface area contributed by atoms with Crippen LogP contribution < -0.4 is 10.2 Å². The van der Waals surface area contributed by atoms with Crippen LogP contribution in [0.3, 0.4) is 0 Å². The number of nitrogens with one attached hydrogen (secondary N) is 1.